The third kappa shape index (κ3) is 7.28. The Balaban J connectivity index is 1.75. The molecule has 3 nitrogen and oxygen atoms in total. The van der Waals surface area contributed by atoms with Crippen molar-refractivity contribution in [1.29, 1.82) is 0 Å². The first-order valence-electron chi connectivity index (χ1n) is 11.3. The van der Waals surface area contributed by atoms with Crippen molar-refractivity contribution in [2.75, 3.05) is 27.2 Å². The van der Waals surface area contributed by atoms with Crippen LogP contribution in [0.3, 0.4) is 0 Å². The smallest absolute Gasteiger partial charge is 0.119 e. The summed E-state index contributed by atoms with van der Waals surface area (Å²) in [6.07, 6.45) is 4.00. The number of nitrogens with zero attached hydrogens (tertiary/aromatic N) is 1. The second-order valence-electron chi connectivity index (χ2n) is 8.85. The lowest BCUT2D eigenvalue weighted by atomic mass is 9.93. The van der Waals surface area contributed by atoms with E-state index in [1.54, 1.807) is 12.1 Å². The van der Waals surface area contributed by atoms with E-state index in [4.69, 9.17) is 4.74 Å². The topological polar surface area (TPSA) is 32.7 Å². The molecule has 0 aliphatic heterocycles. The van der Waals surface area contributed by atoms with Crippen LogP contribution in [0.4, 0.5) is 0 Å². The van der Waals surface area contributed by atoms with Gasteiger partial charge in [0.1, 0.15) is 18.1 Å². The number of rotatable bonds is 10. The molecule has 0 unspecified atom stereocenters. The number of aromatic hydroxyl groups is 1. The molecule has 0 radical (unpaired) electrons. The maximum absolute atomic E-state index is 9.62. The Kier molecular flexibility index (Phi) is 8.52. The van der Waals surface area contributed by atoms with Crippen molar-refractivity contribution in [3.8, 4) is 11.5 Å². The highest BCUT2D eigenvalue weighted by molar-refractivity contribution is 5.68. The van der Waals surface area contributed by atoms with E-state index in [2.05, 4.69) is 73.4 Å². The number of hydrogen-bond donors (Lipinski definition) is 1. The second kappa shape index (κ2) is 11.5. The molecule has 0 amide bonds. The Hall–Kier alpha value is -3.04. The third-order valence-corrected chi connectivity index (χ3v) is 5.59. The first kappa shape index (κ1) is 23.6. The lowest BCUT2D eigenvalue weighted by Gasteiger charge is -2.12. The molecule has 3 aromatic rings. The van der Waals surface area contributed by atoms with Gasteiger partial charge in [-0.25, -0.2) is 0 Å². The Bertz CT molecular complexity index is 985. The van der Waals surface area contributed by atoms with Crippen LogP contribution in [0.2, 0.25) is 0 Å². The molecule has 0 heterocycles. The van der Waals surface area contributed by atoms with Gasteiger partial charge in [0.15, 0.2) is 0 Å². The van der Waals surface area contributed by atoms with Gasteiger partial charge in [0.25, 0.3) is 0 Å². The Morgan fingerprint density at radius 3 is 2.09 bits per heavy atom. The van der Waals surface area contributed by atoms with Crippen molar-refractivity contribution >= 4 is 5.57 Å². The molecule has 0 spiro atoms. The van der Waals surface area contributed by atoms with Crippen molar-refractivity contribution in [3.63, 3.8) is 0 Å². The van der Waals surface area contributed by atoms with Crippen molar-refractivity contribution in [2.24, 2.45) is 0 Å². The zero-order chi connectivity index (χ0) is 22.9. The summed E-state index contributed by atoms with van der Waals surface area (Å²) in [6.45, 7) is 6.03. The normalized spacial score (nSPS) is 11.9. The fourth-order valence-corrected chi connectivity index (χ4v) is 3.52. The number of benzene rings is 3. The lowest BCUT2D eigenvalue weighted by Crippen LogP contribution is -2.19. The summed E-state index contributed by atoms with van der Waals surface area (Å²) in [5, 5.41) is 9.62. The van der Waals surface area contributed by atoms with Gasteiger partial charge >= 0.3 is 0 Å². The molecular weight excluding hydrogens is 394 g/mol. The average Bonchev–Trinajstić information content (AvgIpc) is 2.78. The Labute approximate surface area is 193 Å². The highest BCUT2D eigenvalue weighted by Gasteiger charge is 2.06. The van der Waals surface area contributed by atoms with E-state index < -0.39 is 0 Å². The van der Waals surface area contributed by atoms with E-state index in [1.165, 1.54) is 27.8 Å². The van der Waals surface area contributed by atoms with Crippen LogP contribution < -0.4 is 4.74 Å². The Morgan fingerprint density at radius 2 is 1.50 bits per heavy atom. The number of phenols is 1. The molecule has 0 bridgehead atoms. The molecule has 1 N–H and O–H groups in total. The van der Waals surface area contributed by atoms with Gasteiger partial charge in [-0.1, -0.05) is 68.5 Å². The molecule has 0 atom stereocenters. The summed E-state index contributed by atoms with van der Waals surface area (Å²) in [6, 6.07) is 24.8. The van der Waals surface area contributed by atoms with Crippen molar-refractivity contribution in [3.05, 3.63) is 101 Å². The van der Waals surface area contributed by atoms with Gasteiger partial charge in [0.05, 0.1) is 0 Å². The Morgan fingerprint density at radius 1 is 0.875 bits per heavy atom. The SMILES string of the molecule is CC(C)c1ccc(/C(=C/Cc2ccc(OCCN(C)C)cc2)Cc2ccc(O)cc2)cc1. The maximum atomic E-state index is 9.62. The maximum Gasteiger partial charge on any atom is 0.119 e. The summed E-state index contributed by atoms with van der Waals surface area (Å²) in [7, 11) is 4.09. The molecule has 3 rings (SSSR count). The van der Waals surface area contributed by atoms with Gasteiger partial charge in [0, 0.05) is 6.54 Å². The molecule has 0 aliphatic carbocycles. The minimum Gasteiger partial charge on any atom is -0.508 e. The van der Waals surface area contributed by atoms with Gasteiger partial charge in [0.2, 0.25) is 0 Å². The summed E-state index contributed by atoms with van der Waals surface area (Å²) >= 11 is 0. The largest absolute Gasteiger partial charge is 0.508 e. The molecule has 32 heavy (non-hydrogen) atoms. The monoisotopic (exact) mass is 429 g/mol. The van der Waals surface area contributed by atoms with E-state index in [0.717, 1.165) is 25.1 Å². The predicted molar refractivity (Wildman–Crippen MR) is 135 cm³/mol. The van der Waals surface area contributed by atoms with E-state index >= 15 is 0 Å². The molecule has 0 aliphatic rings. The fraction of sp³-hybridized carbons (Fsp3) is 0.310. The number of hydrogen-bond acceptors (Lipinski definition) is 3. The van der Waals surface area contributed by atoms with Gasteiger partial charge in [-0.15, -0.1) is 0 Å². The summed E-state index contributed by atoms with van der Waals surface area (Å²) < 4.78 is 5.81. The molecule has 0 fully saturated rings. The standard InChI is InChI=1S/C29H35NO2/c1-22(2)25-11-13-26(14-12-25)27(21-24-6-15-28(31)16-7-24)10-5-23-8-17-29(18-9-23)32-20-19-30(3)4/h6-18,22,31H,5,19-21H2,1-4H3/b27-10+. The number of ether oxygens (including phenoxy) is 1. The summed E-state index contributed by atoms with van der Waals surface area (Å²) in [5.74, 6) is 1.73. The van der Waals surface area contributed by atoms with Gasteiger partial charge in [-0.3, -0.25) is 0 Å². The first-order chi connectivity index (χ1) is 15.4. The third-order valence-electron chi connectivity index (χ3n) is 5.59. The fourth-order valence-electron chi connectivity index (χ4n) is 3.52. The number of allylic oxidation sites excluding steroid dienone is 2. The quantitative estimate of drug-likeness (QED) is 0.409. The van der Waals surface area contributed by atoms with Gasteiger partial charge < -0.3 is 14.7 Å². The molecule has 0 saturated heterocycles. The van der Waals surface area contributed by atoms with Crippen LogP contribution in [0, 0.1) is 0 Å². The van der Waals surface area contributed by atoms with E-state index in [1.807, 2.05) is 26.2 Å². The minimum absolute atomic E-state index is 0.299. The molecule has 168 valence electrons. The van der Waals surface area contributed by atoms with Crippen LogP contribution >= 0.6 is 0 Å². The van der Waals surface area contributed by atoms with E-state index in [0.29, 0.717) is 18.3 Å². The lowest BCUT2D eigenvalue weighted by molar-refractivity contribution is 0.261. The average molecular weight is 430 g/mol. The van der Waals surface area contributed by atoms with Crippen LogP contribution in [-0.4, -0.2) is 37.3 Å². The first-order valence-corrected chi connectivity index (χ1v) is 11.3. The zero-order valence-corrected chi connectivity index (χ0v) is 19.7. The highest BCUT2D eigenvalue weighted by Crippen LogP contribution is 2.25. The van der Waals surface area contributed by atoms with Crippen molar-refractivity contribution < 1.29 is 9.84 Å². The van der Waals surface area contributed by atoms with E-state index in [9.17, 15) is 5.11 Å². The van der Waals surface area contributed by atoms with Crippen LogP contribution in [0.15, 0.2) is 78.9 Å². The molecular formula is C29H35NO2. The van der Waals surface area contributed by atoms with Crippen molar-refractivity contribution in [2.45, 2.75) is 32.6 Å². The molecule has 3 heteroatoms. The molecule has 0 saturated carbocycles. The minimum atomic E-state index is 0.299. The van der Waals surface area contributed by atoms with Gasteiger partial charge in [-0.05, 0) is 84.9 Å². The van der Waals surface area contributed by atoms with E-state index in [-0.39, 0.29) is 0 Å². The molecule has 0 aromatic heterocycles. The summed E-state index contributed by atoms with van der Waals surface area (Å²) in [5.41, 5.74) is 6.32. The second-order valence-corrected chi connectivity index (χ2v) is 8.85. The van der Waals surface area contributed by atoms with Crippen molar-refractivity contribution in [1.82, 2.24) is 4.90 Å². The van der Waals surface area contributed by atoms with Crippen LogP contribution in [0.5, 0.6) is 11.5 Å². The zero-order valence-electron chi connectivity index (χ0n) is 19.7. The molecule has 3 aromatic carbocycles. The van der Waals surface area contributed by atoms with Crippen LogP contribution in [0.1, 0.15) is 42.0 Å². The predicted octanol–water partition coefficient (Wildman–Crippen LogP) is 6.32. The number of likely N-dealkylation sites (N-methyl/N-ethyl adjacent to an activating group) is 1. The van der Waals surface area contributed by atoms with Crippen LogP contribution in [0.25, 0.3) is 5.57 Å². The highest BCUT2D eigenvalue weighted by atomic mass is 16.5. The van der Waals surface area contributed by atoms with Crippen LogP contribution in [-0.2, 0) is 12.8 Å². The number of phenolic OH excluding ortho intramolecular Hbond substituents is 1. The summed E-state index contributed by atoms with van der Waals surface area (Å²) in [4.78, 5) is 2.11. The van der Waals surface area contributed by atoms with Gasteiger partial charge in [-0.2, -0.15) is 0 Å².